The molecule has 0 radical (unpaired) electrons. The number of halogens is 2. The second kappa shape index (κ2) is 5.50. The largest absolute Gasteiger partial charge is 0.326 e. The topological polar surface area (TPSA) is 63.4 Å². The summed E-state index contributed by atoms with van der Waals surface area (Å²) in [5.41, 5.74) is 6.35. The van der Waals surface area contributed by atoms with Crippen molar-refractivity contribution in [1.29, 1.82) is 0 Å². The summed E-state index contributed by atoms with van der Waals surface area (Å²) >= 11 is 5.95. The smallest absolute Gasteiger partial charge is 0.218 e. The molecule has 116 valence electrons. The van der Waals surface area contributed by atoms with Gasteiger partial charge in [-0.2, -0.15) is 4.31 Å². The van der Waals surface area contributed by atoms with Gasteiger partial charge in [-0.05, 0) is 48.4 Å². The Hall–Kier alpha value is -0.690. The minimum absolute atomic E-state index is 0.102. The lowest BCUT2D eigenvalue weighted by molar-refractivity contribution is 0.427. The number of hydrogen-bond donors (Lipinski definition) is 1. The molecule has 1 aliphatic heterocycles. The first-order valence-electron chi connectivity index (χ1n) is 7.04. The van der Waals surface area contributed by atoms with Crippen LogP contribution in [0, 0.1) is 17.7 Å². The fourth-order valence-electron chi connectivity index (χ4n) is 3.01. The summed E-state index contributed by atoms with van der Waals surface area (Å²) in [4.78, 5) is 0. The van der Waals surface area contributed by atoms with E-state index < -0.39 is 15.8 Å². The van der Waals surface area contributed by atoms with Gasteiger partial charge >= 0.3 is 0 Å². The second-order valence-corrected chi connectivity index (χ2v) is 8.35. The first-order chi connectivity index (χ1) is 9.87. The van der Waals surface area contributed by atoms with E-state index in [-0.39, 0.29) is 22.7 Å². The van der Waals surface area contributed by atoms with Crippen molar-refractivity contribution in [1.82, 2.24) is 4.31 Å². The number of sulfonamides is 1. The van der Waals surface area contributed by atoms with Gasteiger partial charge in [0.05, 0.1) is 5.75 Å². The van der Waals surface area contributed by atoms with Crippen LogP contribution in [0.2, 0.25) is 5.02 Å². The Labute approximate surface area is 129 Å². The molecule has 0 spiro atoms. The molecule has 1 aromatic carbocycles. The van der Waals surface area contributed by atoms with Crippen molar-refractivity contribution in [3.05, 3.63) is 34.6 Å². The predicted octanol–water partition coefficient (Wildman–Crippen LogP) is 1.98. The van der Waals surface area contributed by atoms with Crippen LogP contribution in [0.4, 0.5) is 4.39 Å². The molecule has 0 amide bonds. The summed E-state index contributed by atoms with van der Waals surface area (Å²) < 4.78 is 39.7. The minimum Gasteiger partial charge on any atom is -0.326 e. The number of nitrogens with two attached hydrogens (primary N) is 1. The van der Waals surface area contributed by atoms with Gasteiger partial charge in [0.2, 0.25) is 10.0 Å². The first kappa shape index (κ1) is 15.2. The van der Waals surface area contributed by atoms with E-state index in [0.717, 1.165) is 12.8 Å². The Kier molecular flexibility index (Phi) is 3.98. The van der Waals surface area contributed by atoms with E-state index in [2.05, 4.69) is 0 Å². The highest BCUT2D eigenvalue weighted by atomic mass is 35.5. The zero-order valence-electron chi connectivity index (χ0n) is 11.5. The molecule has 21 heavy (non-hydrogen) atoms. The number of rotatable bonds is 4. The number of nitrogens with zero attached hydrogens (tertiary/aromatic N) is 1. The molecule has 1 aromatic rings. The molecule has 1 aliphatic carbocycles. The molecule has 3 rings (SSSR count). The molecular formula is C14H18ClFN2O2S. The zero-order valence-corrected chi connectivity index (χ0v) is 13.1. The van der Waals surface area contributed by atoms with Gasteiger partial charge in [-0.25, -0.2) is 12.8 Å². The molecule has 2 fully saturated rings. The fourth-order valence-corrected chi connectivity index (χ4v) is 4.88. The van der Waals surface area contributed by atoms with E-state index in [1.54, 1.807) is 0 Å². The summed E-state index contributed by atoms with van der Waals surface area (Å²) in [6, 6.07) is 3.67. The summed E-state index contributed by atoms with van der Waals surface area (Å²) in [7, 11) is -3.52. The molecule has 0 unspecified atom stereocenters. The molecule has 1 saturated heterocycles. The molecule has 4 nitrogen and oxygen atoms in total. The van der Waals surface area contributed by atoms with Crippen molar-refractivity contribution in [2.24, 2.45) is 17.6 Å². The van der Waals surface area contributed by atoms with Crippen LogP contribution >= 0.6 is 11.6 Å². The lowest BCUT2D eigenvalue weighted by Crippen LogP contribution is -2.33. The second-order valence-electron chi connectivity index (χ2n) is 5.97. The molecule has 1 heterocycles. The first-order valence-corrected chi connectivity index (χ1v) is 9.03. The van der Waals surface area contributed by atoms with E-state index in [0.29, 0.717) is 24.6 Å². The highest BCUT2D eigenvalue weighted by Crippen LogP contribution is 2.41. The summed E-state index contributed by atoms with van der Waals surface area (Å²) in [6.07, 6.45) is 2.28. The zero-order chi connectivity index (χ0) is 15.2. The molecule has 0 aromatic heterocycles. The molecule has 7 heteroatoms. The van der Waals surface area contributed by atoms with Crippen molar-refractivity contribution >= 4 is 21.6 Å². The Balaban J connectivity index is 1.76. The molecule has 2 N–H and O–H groups in total. The SMILES string of the molecule is N[C@H]1CN(S(=O)(=O)Cc2cc(F)ccc2Cl)C[C@@H]1C1CC1. The Morgan fingerprint density at radius 3 is 2.71 bits per heavy atom. The highest BCUT2D eigenvalue weighted by Gasteiger charge is 2.44. The van der Waals surface area contributed by atoms with E-state index in [9.17, 15) is 12.8 Å². The van der Waals surface area contributed by atoms with Gasteiger partial charge in [-0.15, -0.1) is 0 Å². The summed E-state index contributed by atoms with van der Waals surface area (Å²) in [5.74, 6) is 0.0487. The third-order valence-electron chi connectivity index (χ3n) is 4.35. The number of hydrogen-bond acceptors (Lipinski definition) is 3. The predicted molar refractivity (Wildman–Crippen MR) is 79.8 cm³/mol. The molecule has 2 atom stereocenters. The van der Waals surface area contributed by atoms with Crippen molar-refractivity contribution in [3.63, 3.8) is 0 Å². The van der Waals surface area contributed by atoms with Crippen LogP contribution in [0.15, 0.2) is 18.2 Å². The van der Waals surface area contributed by atoms with Crippen LogP contribution in [0.3, 0.4) is 0 Å². The lowest BCUT2D eigenvalue weighted by atomic mass is 9.99. The van der Waals surface area contributed by atoms with Crippen LogP contribution < -0.4 is 5.73 Å². The van der Waals surface area contributed by atoms with Crippen molar-refractivity contribution in [3.8, 4) is 0 Å². The third-order valence-corrected chi connectivity index (χ3v) is 6.47. The van der Waals surface area contributed by atoms with E-state index in [1.807, 2.05) is 0 Å². The molecule has 2 aliphatic rings. The highest BCUT2D eigenvalue weighted by molar-refractivity contribution is 7.88. The maximum Gasteiger partial charge on any atom is 0.218 e. The summed E-state index contributed by atoms with van der Waals surface area (Å²) in [5, 5.41) is 0.266. The van der Waals surface area contributed by atoms with Crippen molar-refractivity contribution < 1.29 is 12.8 Å². The van der Waals surface area contributed by atoms with Crippen LogP contribution in [-0.4, -0.2) is 31.9 Å². The van der Waals surface area contributed by atoms with Crippen molar-refractivity contribution in [2.45, 2.75) is 24.6 Å². The third kappa shape index (κ3) is 3.23. The van der Waals surface area contributed by atoms with Crippen LogP contribution in [0.25, 0.3) is 0 Å². The summed E-state index contributed by atoms with van der Waals surface area (Å²) in [6.45, 7) is 0.817. The standard InChI is InChI=1S/C14H18ClFN2O2S/c15-13-4-3-11(16)5-10(13)8-21(19,20)18-6-12(9-1-2-9)14(17)7-18/h3-5,9,12,14H,1-2,6-8,17H2/t12-,14+/m1/s1. The molecule has 1 saturated carbocycles. The van der Waals surface area contributed by atoms with Crippen LogP contribution in [0.5, 0.6) is 0 Å². The maximum absolute atomic E-state index is 13.3. The van der Waals surface area contributed by atoms with Crippen LogP contribution in [-0.2, 0) is 15.8 Å². The van der Waals surface area contributed by atoms with E-state index in [4.69, 9.17) is 17.3 Å². The van der Waals surface area contributed by atoms with Gasteiger partial charge in [-0.3, -0.25) is 0 Å². The van der Waals surface area contributed by atoms with Gasteiger partial charge in [0.15, 0.2) is 0 Å². The van der Waals surface area contributed by atoms with Gasteiger partial charge in [0.25, 0.3) is 0 Å². The van der Waals surface area contributed by atoms with Gasteiger partial charge < -0.3 is 5.73 Å². The normalized spacial score (nSPS) is 27.2. The van der Waals surface area contributed by atoms with Gasteiger partial charge in [0, 0.05) is 24.2 Å². The number of benzene rings is 1. The Morgan fingerprint density at radius 2 is 2.05 bits per heavy atom. The Morgan fingerprint density at radius 1 is 1.33 bits per heavy atom. The molecule has 0 bridgehead atoms. The average Bonchev–Trinajstić information content (AvgIpc) is 3.16. The average molecular weight is 333 g/mol. The molecular weight excluding hydrogens is 315 g/mol. The van der Waals surface area contributed by atoms with Crippen LogP contribution in [0.1, 0.15) is 18.4 Å². The lowest BCUT2D eigenvalue weighted by Gasteiger charge is -2.17. The monoisotopic (exact) mass is 332 g/mol. The quantitative estimate of drug-likeness (QED) is 0.917. The fraction of sp³-hybridized carbons (Fsp3) is 0.571. The Bertz CT molecular complexity index is 648. The maximum atomic E-state index is 13.3. The van der Waals surface area contributed by atoms with Gasteiger partial charge in [0.1, 0.15) is 5.82 Å². The minimum atomic E-state index is -3.52. The van der Waals surface area contributed by atoms with Crippen molar-refractivity contribution in [2.75, 3.05) is 13.1 Å². The van der Waals surface area contributed by atoms with Gasteiger partial charge in [-0.1, -0.05) is 11.6 Å². The van der Waals surface area contributed by atoms with E-state index >= 15 is 0 Å². The van der Waals surface area contributed by atoms with E-state index in [1.165, 1.54) is 22.5 Å².